The van der Waals surface area contributed by atoms with Crippen LogP contribution < -0.4 is 5.73 Å². The summed E-state index contributed by atoms with van der Waals surface area (Å²) >= 11 is 0. The molecule has 19 heavy (non-hydrogen) atoms. The van der Waals surface area contributed by atoms with Crippen LogP contribution in [0.5, 0.6) is 5.75 Å². The summed E-state index contributed by atoms with van der Waals surface area (Å²) in [5.74, 6) is 0.134. The van der Waals surface area contributed by atoms with Crippen molar-refractivity contribution in [2.75, 3.05) is 6.61 Å². The standard InChI is InChI=1S/C15H21NO3/c1-2-19-15(18)5-3-4-10-7-13(17)8-11-6-12(16)9-14(10)11/h7-8,12,17H,2-6,9,16H2,1H3. The van der Waals surface area contributed by atoms with E-state index in [2.05, 4.69) is 0 Å². The van der Waals surface area contributed by atoms with Gasteiger partial charge in [-0.1, -0.05) is 0 Å². The minimum absolute atomic E-state index is 0.153. The summed E-state index contributed by atoms with van der Waals surface area (Å²) in [5.41, 5.74) is 9.49. The van der Waals surface area contributed by atoms with Gasteiger partial charge in [0, 0.05) is 12.5 Å². The van der Waals surface area contributed by atoms with Gasteiger partial charge in [0.1, 0.15) is 5.75 Å². The van der Waals surface area contributed by atoms with Crippen molar-refractivity contribution in [3.8, 4) is 5.75 Å². The fourth-order valence-corrected chi connectivity index (χ4v) is 2.72. The molecule has 1 aliphatic carbocycles. The van der Waals surface area contributed by atoms with Crippen molar-refractivity contribution in [3.05, 3.63) is 28.8 Å². The van der Waals surface area contributed by atoms with E-state index in [0.29, 0.717) is 18.8 Å². The number of hydrogen-bond acceptors (Lipinski definition) is 4. The fraction of sp³-hybridized carbons (Fsp3) is 0.533. The molecule has 0 heterocycles. The molecule has 0 bridgehead atoms. The van der Waals surface area contributed by atoms with E-state index in [4.69, 9.17) is 10.5 Å². The second-order valence-corrected chi connectivity index (χ2v) is 5.07. The molecule has 0 saturated carbocycles. The first-order chi connectivity index (χ1) is 9.10. The SMILES string of the molecule is CCOC(=O)CCCc1cc(O)cc2c1CC(N)C2. The maximum Gasteiger partial charge on any atom is 0.305 e. The first kappa shape index (κ1) is 13.9. The molecule has 1 atom stereocenters. The molecule has 0 saturated heterocycles. The Hall–Kier alpha value is -1.55. The van der Waals surface area contributed by atoms with Gasteiger partial charge in [-0.05, 0) is 61.4 Å². The van der Waals surface area contributed by atoms with Crippen LogP contribution in [0.4, 0.5) is 0 Å². The highest BCUT2D eigenvalue weighted by Gasteiger charge is 2.21. The predicted octanol–water partition coefficient (Wildman–Crippen LogP) is 1.70. The highest BCUT2D eigenvalue weighted by molar-refractivity contribution is 5.69. The molecule has 1 aromatic rings. The monoisotopic (exact) mass is 263 g/mol. The largest absolute Gasteiger partial charge is 0.508 e. The third-order valence-electron chi connectivity index (χ3n) is 3.50. The van der Waals surface area contributed by atoms with Crippen LogP contribution in [0.2, 0.25) is 0 Å². The van der Waals surface area contributed by atoms with Crippen LogP contribution in [0.15, 0.2) is 12.1 Å². The van der Waals surface area contributed by atoms with Crippen LogP contribution in [0.25, 0.3) is 0 Å². The number of nitrogens with two attached hydrogens (primary N) is 1. The highest BCUT2D eigenvalue weighted by Crippen LogP contribution is 2.30. The van der Waals surface area contributed by atoms with E-state index in [-0.39, 0.29) is 12.0 Å². The molecule has 1 aliphatic rings. The van der Waals surface area contributed by atoms with Crippen molar-refractivity contribution in [1.82, 2.24) is 0 Å². The summed E-state index contributed by atoms with van der Waals surface area (Å²) in [6.45, 7) is 2.23. The molecule has 2 rings (SSSR count). The van der Waals surface area contributed by atoms with Crippen molar-refractivity contribution >= 4 is 5.97 Å². The Morgan fingerprint density at radius 1 is 1.47 bits per heavy atom. The zero-order chi connectivity index (χ0) is 13.8. The number of aryl methyl sites for hydroxylation is 1. The van der Waals surface area contributed by atoms with Crippen LogP contribution in [-0.4, -0.2) is 23.7 Å². The van der Waals surface area contributed by atoms with Crippen molar-refractivity contribution in [1.29, 1.82) is 0 Å². The zero-order valence-electron chi connectivity index (χ0n) is 11.3. The lowest BCUT2D eigenvalue weighted by Crippen LogP contribution is -2.19. The number of benzene rings is 1. The fourth-order valence-electron chi connectivity index (χ4n) is 2.72. The number of carbonyl (C=O) groups excluding carboxylic acids is 1. The number of aromatic hydroxyl groups is 1. The summed E-state index contributed by atoms with van der Waals surface area (Å²) in [6, 6.07) is 3.75. The Bertz CT molecular complexity index is 471. The predicted molar refractivity (Wildman–Crippen MR) is 73.1 cm³/mol. The molecule has 1 aromatic carbocycles. The molecular weight excluding hydrogens is 242 g/mol. The van der Waals surface area contributed by atoms with E-state index in [1.807, 2.05) is 0 Å². The second-order valence-electron chi connectivity index (χ2n) is 5.07. The van der Waals surface area contributed by atoms with Gasteiger partial charge in [-0.3, -0.25) is 4.79 Å². The first-order valence-electron chi connectivity index (χ1n) is 6.85. The zero-order valence-corrected chi connectivity index (χ0v) is 11.3. The van der Waals surface area contributed by atoms with E-state index >= 15 is 0 Å². The molecule has 0 aromatic heterocycles. The van der Waals surface area contributed by atoms with Gasteiger partial charge in [-0.15, -0.1) is 0 Å². The molecule has 4 nitrogen and oxygen atoms in total. The maximum atomic E-state index is 11.3. The van der Waals surface area contributed by atoms with Gasteiger partial charge in [0.2, 0.25) is 0 Å². The minimum Gasteiger partial charge on any atom is -0.508 e. The molecule has 104 valence electrons. The van der Waals surface area contributed by atoms with Gasteiger partial charge in [0.25, 0.3) is 0 Å². The molecule has 3 N–H and O–H groups in total. The third-order valence-corrected chi connectivity index (χ3v) is 3.50. The van der Waals surface area contributed by atoms with Gasteiger partial charge in [-0.2, -0.15) is 0 Å². The smallest absolute Gasteiger partial charge is 0.305 e. The summed E-state index contributed by atoms with van der Waals surface area (Å²) in [5, 5.41) is 9.72. The lowest BCUT2D eigenvalue weighted by molar-refractivity contribution is -0.143. The molecular formula is C15H21NO3. The van der Waals surface area contributed by atoms with Crippen molar-refractivity contribution < 1.29 is 14.6 Å². The molecule has 1 unspecified atom stereocenters. The van der Waals surface area contributed by atoms with E-state index < -0.39 is 0 Å². The van der Waals surface area contributed by atoms with Gasteiger partial charge in [0.05, 0.1) is 6.61 Å². The highest BCUT2D eigenvalue weighted by atomic mass is 16.5. The summed E-state index contributed by atoms with van der Waals surface area (Å²) in [6.07, 6.45) is 3.63. The Morgan fingerprint density at radius 2 is 2.26 bits per heavy atom. The Kier molecular flexibility index (Phi) is 4.43. The number of esters is 1. The normalized spacial score (nSPS) is 17.3. The van der Waals surface area contributed by atoms with Gasteiger partial charge < -0.3 is 15.6 Å². The minimum atomic E-state index is -0.156. The van der Waals surface area contributed by atoms with E-state index in [9.17, 15) is 9.90 Å². The second kappa shape index (κ2) is 6.06. The lowest BCUT2D eigenvalue weighted by atomic mass is 9.98. The maximum absolute atomic E-state index is 11.3. The third kappa shape index (κ3) is 3.47. The van der Waals surface area contributed by atoms with Gasteiger partial charge >= 0.3 is 5.97 Å². The van der Waals surface area contributed by atoms with Crippen LogP contribution in [0.1, 0.15) is 36.5 Å². The summed E-state index contributed by atoms with van der Waals surface area (Å²) in [7, 11) is 0. The van der Waals surface area contributed by atoms with E-state index in [1.165, 1.54) is 5.56 Å². The van der Waals surface area contributed by atoms with Crippen LogP contribution in [-0.2, 0) is 28.8 Å². The number of hydrogen-bond donors (Lipinski definition) is 2. The number of fused-ring (bicyclic) bond motifs is 1. The average Bonchev–Trinajstić information content (AvgIpc) is 2.69. The number of phenolic OH excluding ortho intramolecular Hbond substituents is 1. The van der Waals surface area contributed by atoms with Gasteiger partial charge in [0.15, 0.2) is 0 Å². The number of ether oxygens (including phenoxy) is 1. The number of carbonyl (C=O) groups is 1. The Labute approximate surface area is 113 Å². The van der Waals surface area contributed by atoms with Crippen LogP contribution in [0, 0.1) is 0 Å². The van der Waals surface area contributed by atoms with Crippen LogP contribution in [0.3, 0.4) is 0 Å². The van der Waals surface area contributed by atoms with E-state index in [1.54, 1.807) is 19.1 Å². The quantitative estimate of drug-likeness (QED) is 0.793. The molecule has 0 aliphatic heterocycles. The van der Waals surface area contributed by atoms with Crippen molar-refractivity contribution in [2.24, 2.45) is 5.73 Å². The topological polar surface area (TPSA) is 72.5 Å². The molecule has 0 fully saturated rings. The van der Waals surface area contributed by atoms with Crippen LogP contribution >= 0.6 is 0 Å². The number of rotatable bonds is 5. The Balaban J connectivity index is 1.99. The summed E-state index contributed by atoms with van der Waals surface area (Å²) in [4.78, 5) is 11.3. The molecule has 4 heteroatoms. The summed E-state index contributed by atoms with van der Waals surface area (Å²) < 4.78 is 4.90. The average molecular weight is 263 g/mol. The lowest BCUT2D eigenvalue weighted by Gasteiger charge is -2.09. The van der Waals surface area contributed by atoms with E-state index in [0.717, 1.165) is 36.8 Å². The molecule has 0 spiro atoms. The molecule has 0 amide bonds. The van der Waals surface area contributed by atoms with Gasteiger partial charge in [-0.25, -0.2) is 0 Å². The Morgan fingerprint density at radius 3 is 3.00 bits per heavy atom. The number of phenols is 1. The molecule has 0 radical (unpaired) electrons. The van der Waals surface area contributed by atoms with Crippen molar-refractivity contribution in [2.45, 2.75) is 45.1 Å². The van der Waals surface area contributed by atoms with Crippen molar-refractivity contribution in [3.63, 3.8) is 0 Å². The first-order valence-corrected chi connectivity index (χ1v) is 6.85.